The van der Waals surface area contributed by atoms with E-state index < -0.39 is 5.54 Å². The molecule has 23 heavy (non-hydrogen) atoms. The first-order valence-electron chi connectivity index (χ1n) is 7.51. The lowest BCUT2D eigenvalue weighted by Crippen LogP contribution is -2.51. The van der Waals surface area contributed by atoms with Gasteiger partial charge in [-0.1, -0.05) is 13.3 Å². The number of hydrogen-bond acceptors (Lipinski definition) is 5. The van der Waals surface area contributed by atoms with E-state index in [-0.39, 0.29) is 18.3 Å². The third-order valence-electron chi connectivity index (χ3n) is 3.48. The fourth-order valence-electron chi connectivity index (χ4n) is 2.26. The van der Waals surface area contributed by atoms with Crippen LogP contribution in [0.4, 0.5) is 0 Å². The summed E-state index contributed by atoms with van der Waals surface area (Å²) < 4.78 is 0. The monoisotopic (exact) mass is 373 g/mol. The summed E-state index contributed by atoms with van der Waals surface area (Å²) in [5, 5.41) is 6.10. The third-order valence-corrected chi connectivity index (χ3v) is 5.42. The molecule has 0 radical (unpaired) electrons. The molecule has 1 atom stereocenters. The van der Waals surface area contributed by atoms with Crippen molar-refractivity contribution in [2.75, 3.05) is 6.54 Å². The van der Waals surface area contributed by atoms with Crippen LogP contribution in [0.25, 0.3) is 10.6 Å². The molecule has 0 aliphatic rings. The Balaban J connectivity index is 0.00000264. The molecule has 0 aliphatic carbocycles. The van der Waals surface area contributed by atoms with Gasteiger partial charge in [-0.25, -0.2) is 4.98 Å². The molecule has 128 valence electrons. The molecule has 2 rings (SSSR count). The number of aromatic nitrogens is 1. The van der Waals surface area contributed by atoms with Crippen LogP contribution < -0.4 is 11.1 Å². The number of carbonyl (C=O) groups is 1. The van der Waals surface area contributed by atoms with Crippen molar-refractivity contribution in [1.29, 1.82) is 0 Å². The Kier molecular flexibility index (Phi) is 7.67. The lowest BCUT2D eigenvalue weighted by atomic mass is 9.96. The fraction of sp³-hybridized carbons (Fsp3) is 0.500. The number of halogens is 1. The molecule has 0 saturated carbocycles. The lowest BCUT2D eigenvalue weighted by molar-refractivity contribution is -0.126. The highest BCUT2D eigenvalue weighted by molar-refractivity contribution is 7.16. The molecule has 3 N–H and O–H groups in total. The Morgan fingerprint density at radius 1 is 1.43 bits per heavy atom. The van der Waals surface area contributed by atoms with E-state index >= 15 is 0 Å². The molecule has 0 saturated heterocycles. The normalized spacial score (nSPS) is 13.2. The quantitative estimate of drug-likeness (QED) is 0.776. The van der Waals surface area contributed by atoms with Gasteiger partial charge in [0.25, 0.3) is 0 Å². The second kappa shape index (κ2) is 8.78. The second-order valence-corrected chi connectivity index (χ2v) is 7.92. The van der Waals surface area contributed by atoms with Crippen molar-refractivity contribution < 1.29 is 4.79 Å². The van der Waals surface area contributed by atoms with Crippen molar-refractivity contribution in [3.63, 3.8) is 0 Å². The third kappa shape index (κ3) is 5.57. The van der Waals surface area contributed by atoms with E-state index in [9.17, 15) is 4.79 Å². The van der Waals surface area contributed by atoms with Crippen LogP contribution in [-0.2, 0) is 11.2 Å². The molecule has 7 heteroatoms. The van der Waals surface area contributed by atoms with Crippen molar-refractivity contribution in [3.05, 3.63) is 27.4 Å². The van der Waals surface area contributed by atoms with Gasteiger partial charge in [-0.3, -0.25) is 4.79 Å². The van der Waals surface area contributed by atoms with Gasteiger partial charge >= 0.3 is 0 Å². The van der Waals surface area contributed by atoms with E-state index in [4.69, 9.17) is 5.73 Å². The van der Waals surface area contributed by atoms with E-state index in [0.29, 0.717) is 13.0 Å². The number of hydrogen-bond donors (Lipinski definition) is 2. The highest BCUT2D eigenvalue weighted by Crippen LogP contribution is 2.29. The fourth-order valence-corrected chi connectivity index (χ4v) is 3.92. The van der Waals surface area contributed by atoms with Crippen LogP contribution in [0.15, 0.2) is 17.5 Å². The minimum absolute atomic E-state index is 0. The molecule has 0 fully saturated rings. The van der Waals surface area contributed by atoms with Gasteiger partial charge in [0.2, 0.25) is 5.91 Å². The number of aryl methyl sites for hydroxylation is 1. The first-order valence-corrected chi connectivity index (χ1v) is 9.20. The maximum atomic E-state index is 12.0. The first kappa shape index (κ1) is 20.1. The van der Waals surface area contributed by atoms with E-state index in [0.717, 1.165) is 23.5 Å². The smallest absolute Gasteiger partial charge is 0.239 e. The molecule has 2 aromatic heterocycles. The predicted octanol–water partition coefficient (Wildman–Crippen LogP) is 3.78. The van der Waals surface area contributed by atoms with E-state index in [2.05, 4.69) is 27.8 Å². The van der Waals surface area contributed by atoms with Gasteiger partial charge in [0, 0.05) is 16.8 Å². The van der Waals surface area contributed by atoms with Gasteiger partial charge < -0.3 is 11.1 Å². The molecule has 2 heterocycles. The Morgan fingerprint density at radius 2 is 2.17 bits per heavy atom. The molecule has 0 bridgehead atoms. The summed E-state index contributed by atoms with van der Waals surface area (Å²) in [6.45, 7) is 6.45. The van der Waals surface area contributed by atoms with Crippen LogP contribution in [0, 0.1) is 6.92 Å². The molecular weight excluding hydrogens is 350 g/mol. The summed E-state index contributed by atoms with van der Waals surface area (Å²) in [6, 6.07) is 4.20. The van der Waals surface area contributed by atoms with Crippen LogP contribution >= 0.6 is 35.1 Å². The SMILES string of the molecule is CCCC(C)(N)C(=O)NCCc1ccc(-c2csc(C)n2)s1.Cl. The van der Waals surface area contributed by atoms with Crippen LogP contribution in [0.1, 0.15) is 36.6 Å². The van der Waals surface area contributed by atoms with Crippen molar-refractivity contribution in [3.8, 4) is 10.6 Å². The maximum Gasteiger partial charge on any atom is 0.239 e. The van der Waals surface area contributed by atoms with E-state index in [1.807, 2.05) is 13.8 Å². The van der Waals surface area contributed by atoms with Gasteiger partial charge in [-0.15, -0.1) is 35.1 Å². The zero-order chi connectivity index (χ0) is 16.2. The number of thiophene rings is 1. The lowest BCUT2D eigenvalue weighted by Gasteiger charge is -2.22. The molecule has 0 aromatic carbocycles. The van der Waals surface area contributed by atoms with Crippen molar-refractivity contribution in [2.45, 2.75) is 45.6 Å². The van der Waals surface area contributed by atoms with Crippen molar-refractivity contribution >= 4 is 41.0 Å². The van der Waals surface area contributed by atoms with Gasteiger partial charge in [0.05, 0.1) is 21.1 Å². The topological polar surface area (TPSA) is 68.0 Å². The van der Waals surface area contributed by atoms with Crippen molar-refractivity contribution in [2.24, 2.45) is 5.73 Å². The summed E-state index contributed by atoms with van der Waals surface area (Å²) in [5.74, 6) is -0.0683. The van der Waals surface area contributed by atoms with Gasteiger partial charge in [-0.2, -0.15) is 0 Å². The van der Waals surface area contributed by atoms with E-state index in [1.54, 1.807) is 29.6 Å². The Bertz CT molecular complexity index is 637. The van der Waals surface area contributed by atoms with Gasteiger partial charge in [0.15, 0.2) is 0 Å². The average molecular weight is 374 g/mol. The van der Waals surface area contributed by atoms with Crippen LogP contribution in [0.5, 0.6) is 0 Å². The number of thiazole rings is 1. The summed E-state index contributed by atoms with van der Waals surface area (Å²) in [5.41, 5.74) is 6.29. The standard InChI is InChI=1S/C16H23N3OS2.ClH/c1-4-8-16(3,17)15(20)18-9-7-12-5-6-14(22-12)13-10-21-11(2)19-13;/h5-6,10H,4,7-9,17H2,1-3H3,(H,18,20);1H. The predicted molar refractivity (Wildman–Crippen MR) is 102 cm³/mol. The Morgan fingerprint density at radius 3 is 2.78 bits per heavy atom. The summed E-state index contributed by atoms with van der Waals surface area (Å²) >= 11 is 3.39. The number of carbonyl (C=O) groups excluding carboxylic acids is 1. The summed E-state index contributed by atoms with van der Waals surface area (Å²) in [4.78, 5) is 19.0. The molecule has 2 aromatic rings. The van der Waals surface area contributed by atoms with Crippen LogP contribution in [0.2, 0.25) is 0 Å². The summed E-state index contributed by atoms with van der Waals surface area (Å²) in [6.07, 6.45) is 2.43. The number of amides is 1. The van der Waals surface area contributed by atoms with Gasteiger partial charge in [0.1, 0.15) is 0 Å². The maximum absolute atomic E-state index is 12.0. The van der Waals surface area contributed by atoms with Crippen LogP contribution in [0.3, 0.4) is 0 Å². The number of nitrogens with zero attached hydrogens (tertiary/aromatic N) is 1. The zero-order valence-corrected chi connectivity index (χ0v) is 16.2. The highest BCUT2D eigenvalue weighted by Gasteiger charge is 2.26. The molecule has 0 aliphatic heterocycles. The number of nitrogens with two attached hydrogens (primary N) is 1. The minimum atomic E-state index is -0.770. The molecule has 1 unspecified atom stereocenters. The molecular formula is C16H24ClN3OS2. The number of rotatable bonds is 7. The Hall–Kier alpha value is -0.950. The highest BCUT2D eigenvalue weighted by atomic mass is 35.5. The summed E-state index contributed by atoms with van der Waals surface area (Å²) in [7, 11) is 0. The second-order valence-electron chi connectivity index (χ2n) is 5.69. The number of nitrogens with one attached hydrogen (secondary N) is 1. The largest absolute Gasteiger partial charge is 0.354 e. The zero-order valence-electron chi connectivity index (χ0n) is 13.7. The van der Waals surface area contributed by atoms with Crippen LogP contribution in [-0.4, -0.2) is 23.0 Å². The van der Waals surface area contributed by atoms with E-state index in [1.165, 1.54) is 9.75 Å². The average Bonchev–Trinajstić information content (AvgIpc) is 3.07. The van der Waals surface area contributed by atoms with Gasteiger partial charge in [-0.05, 0) is 38.8 Å². The van der Waals surface area contributed by atoms with Crippen molar-refractivity contribution in [1.82, 2.24) is 10.3 Å². The molecule has 1 amide bonds. The molecule has 0 spiro atoms. The first-order chi connectivity index (χ1) is 10.4. The Labute approximate surface area is 151 Å². The minimum Gasteiger partial charge on any atom is -0.354 e. The molecule has 4 nitrogen and oxygen atoms in total.